The number of hydrogen-bond donors (Lipinski definition) is 0. The van der Waals surface area contributed by atoms with Gasteiger partial charge in [0.2, 0.25) is 0 Å². The Labute approximate surface area is 133 Å². The second-order valence-electron chi connectivity index (χ2n) is 7.37. The fourth-order valence-corrected chi connectivity index (χ4v) is 3.63. The molecule has 1 aromatic carbocycles. The van der Waals surface area contributed by atoms with Crippen LogP contribution in [0.4, 0.5) is 0 Å². The van der Waals surface area contributed by atoms with Crippen molar-refractivity contribution in [3.63, 3.8) is 0 Å². The molecule has 2 heterocycles. The summed E-state index contributed by atoms with van der Waals surface area (Å²) < 4.78 is 2.17. The van der Waals surface area contributed by atoms with E-state index in [9.17, 15) is 0 Å². The van der Waals surface area contributed by atoms with Crippen LogP contribution in [0.5, 0.6) is 0 Å². The lowest BCUT2D eigenvalue weighted by atomic mass is 9.78. The van der Waals surface area contributed by atoms with Gasteiger partial charge in [0, 0.05) is 25.0 Å². The van der Waals surface area contributed by atoms with Crippen LogP contribution >= 0.6 is 0 Å². The molecular weight excluding hydrogens is 272 g/mol. The first-order valence-corrected chi connectivity index (χ1v) is 8.13. The van der Waals surface area contributed by atoms with Gasteiger partial charge in [-0.15, -0.1) is 10.2 Å². The first kappa shape index (κ1) is 15.2. The summed E-state index contributed by atoms with van der Waals surface area (Å²) >= 11 is 0. The van der Waals surface area contributed by atoms with E-state index in [1.165, 1.54) is 5.56 Å². The molecule has 3 rings (SSSR count). The monoisotopic (exact) mass is 298 g/mol. The third-order valence-corrected chi connectivity index (χ3v) is 4.79. The summed E-state index contributed by atoms with van der Waals surface area (Å²) in [6.45, 7) is 12.2. The van der Waals surface area contributed by atoms with Crippen molar-refractivity contribution in [2.45, 2.75) is 46.2 Å². The number of aromatic nitrogens is 3. The summed E-state index contributed by atoms with van der Waals surface area (Å²) in [5.41, 5.74) is 1.73. The minimum absolute atomic E-state index is 0.282. The lowest BCUT2D eigenvalue weighted by molar-refractivity contribution is 0.271. The van der Waals surface area contributed by atoms with Gasteiger partial charge in [-0.2, -0.15) is 0 Å². The maximum absolute atomic E-state index is 4.32. The molecule has 1 aromatic heterocycles. The lowest BCUT2D eigenvalue weighted by Gasteiger charge is -2.26. The molecule has 1 fully saturated rings. The standard InChI is InChI=1S/C18H26N4/c1-14(2)22-13-19-20-17(22)11-21-10-16(18(3,4)12-21)15-8-6-5-7-9-15/h5-9,13-14,16H,10-12H2,1-4H3/t16-/m1/s1. The number of hydrogen-bond acceptors (Lipinski definition) is 3. The third-order valence-electron chi connectivity index (χ3n) is 4.79. The summed E-state index contributed by atoms with van der Waals surface area (Å²) in [5.74, 6) is 1.64. The molecule has 0 spiro atoms. The molecule has 0 aliphatic carbocycles. The predicted molar refractivity (Wildman–Crippen MR) is 88.6 cm³/mol. The summed E-state index contributed by atoms with van der Waals surface area (Å²) in [6, 6.07) is 11.3. The van der Waals surface area contributed by atoms with Crippen molar-refractivity contribution in [3.8, 4) is 0 Å². The van der Waals surface area contributed by atoms with Gasteiger partial charge in [0.1, 0.15) is 12.2 Å². The van der Waals surface area contributed by atoms with Gasteiger partial charge in [0.05, 0.1) is 6.54 Å². The number of benzene rings is 1. The Kier molecular flexibility index (Phi) is 4.04. The minimum atomic E-state index is 0.282. The topological polar surface area (TPSA) is 34.0 Å². The molecule has 0 radical (unpaired) electrons. The van der Waals surface area contributed by atoms with E-state index >= 15 is 0 Å². The van der Waals surface area contributed by atoms with Crippen LogP contribution in [0.25, 0.3) is 0 Å². The van der Waals surface area contributed by atoms with Crippen molar-refractivity contribution in [1.29, 1.82) is 0 Å². The van der Waals surface area contributed by atoms with Crippen molar-refractivity contribution in [2.24, 2.45) is 5.41 Å². The second kappa shape index (κ2) is 5.84. The van der Waals surface area contributed by atoms with E-state index < -0.39 is 0 Å². The predicted octanol–water partition coefficient (Wildman–Crippen LogP) is 3.48. The molecule has 0 saturated carbocycles. The Morgan fingerprint density at radius 1 is 1.23 bits per heavy atom. The lowest BCUT2D eigenvalue weighted by Crippen LogP contribution is -2.25. The van der Waals surface area contributed by atoms with Crippen LogP contribution < -0.4 is 0 Å². The molecule has 1 aliphatic rings. The molecule has 4 nitrogen and oxygen atoms in total. The van der Waals surface area contributed by atoms with Gasteiger partial charge in [-0.3, -0.25) is 4.90 Å². The van der Waals surface area contributed by atoms with E-state index in [4.69, 9.17) is 0 Å². The highest BCUT2D eigenvalue weighted by molar-refractivity contribution is 5.24. The van der Waals surface area contributed by atoms with Gasteiger partial charge >= 0.3 is 0 Å². The molecule has 0 N–H and O–H groups in total. The van der Waals surface area contributed by atoms with Gasteiger partial charge in [0.25, 0.3) is 0 Å². The quantitative estimate of drug-likeness (QED) is 0.866. The molecular formula is C18H26N4. The molecule has 0 bridgehead atoms. The van der Waals surface area contributed by atoms with Crippen molar-refractivity contribution in [2.75, 3.05) is 13.1 Å². The first-order valence-electron chi connectivity index (χ1n) is 8.13. The number of rotatable bonds is 4. The van der Waals surface area contributed by atoms with Gasteiger partial charge in [-0.1, -0.05) is 44.2 Å². The zero-order valence-corrected chi connectivity index (χ0v) is 14.0. The average Bonchev–Trinajstić information content (AvgIpc) is 3.04. The fraction of sp³-hybridized carbons (Fsp3) is 0.556. The van der Waals surface area contributed by atoms with E-state index in [1.807, 2.05) is 6.33 Å². The van der Waals surface area contributed by atoms with Crippen LogP contribution in [0.15, 0.2) is 36.7 Å². The van der Waals surface area contributed by atoms with Gasteiger partial charge < -0.3 is 4.57 Å². The largest absolute Gasteiger partial charge is 0.314 e. The maximum atomic E-state index is 4.32. The van der Waals surface area contributed by atoms with E-state index in [0.29, 0.717) is 12.0 Å². The van der Waals surface area contributed by atoms with E-state index in [1.54, 1.807) is 0 Å². The van der Waals surface area contributed by atoms with Crippen LogP contribution in [0.3, 0.4) is 0 Å². The summed E-state index contributed by atoms with van der Waals surface area (Å²) in [7, 11) is 0. The van der Waals surface area contributed by atoms with Crippen molar-refractivity contribution >= 4 is 0 Å². The zero-order chi connectivity index (χ0) is 15.7. The highest BCUT2D eigenvalue weighted by Crippen LogP contribution is 2.42. The first-order chi connectivity index (χ1) is 10.5. The number of likely N-dealkylation sites (tertiary alicyclic amines) is 1. The van der Waals surface area contributed by atoms with Crippen molar-refractivity contribution < 1.29 is 0 Å². The Morgan fingerprint density at radius 3 is 2.64 bits per heavy atom. The molecule has 1 atom stereocenters. The van der Waals surface area contributed by atoms with Crippen LogP contribution in [0.1, 0.15) is 51.0 Å². The fourth-order valence-electron chi connectivity index (χ4n) is 3.63. The minimum Gasteiger partial charge on any atom is -0.314 e. The third kappa shape index (κ3) is 2.93. The highest BCUT2D eigenvalue weighted by Gasteiger charge is 2.40. The Bertz CT molecular complexity index is 615. The SMILES string of the molecule is CC(C)n1cnnc1CN1C[C@H](c2ccccc2)C(C)(C)C1. The smallest absolute Gasteiger partial charge is 0.147 e. The molecule has 0 amide bonds. The van der Waals surface area contributed by atoms with E-state index in [0.717, 1.165) is 25.5 Å². The molecule has 1 saturated heterocycles. The molecule has 4 heteroatoms. The van der Waals surface area contributed by atoms with E-state index in [-0.39, 0.29) is 5.41 Å². The van der Waals surface area contributed by atoms with Gasteiger partial charge in [-0.25, -0.2) is 0 Å². The molecule has 1 aliphatic heterocycles. The Hall–Kier alpha value is -1.68. The zero-order valence-electron chi connectivity index (χ0n) is 14.0. The highest BCUT2D eigenvalue weighted by atomic mass is 15.3. The Morgan fingerprint density at radius 2 is 1.95 bits per heavy atom. The number of nitrogens with zero attached hydrogens (tertiary/aromatic N) is 4. The Balaban J connectivity index is 1.76. The summed E-state index contributed by atoms with van der Waals surface area (Å²) in [5, 5.41) is 8.40. The molecule has 22 heavy (non-hydrogen) atoms. The van der Waals surface area contributed by atoms with Crippen LogP contribution in [-0.2, 0) is 6.54 Å². The molecule has 118 valence electrons. The van der Waals surface area contributed by atoms with Crippen molar-refractivity contribution in [3.05, 3.63) is 48.0 Å². The average molecular weight is 298 g/mol. The van der Waals surface area contributed by atoms with Crippen LogP contribution in [0, 0.1) is 5.41 Å². The normalized spacial score (nSPS) is 21.6. The van der Waals surface area contributed by atoms with Crippen molar-refractivity contribution in [1.82, 2.24) is 19.7 Å². The summed E-state index contributed by atoms with van der Waals surface area (Å²) in [6.07, 6.45) is 1.84. The van der Waals surface area contributed by atoms with Crippen LogP contribution in [-0.4, -0.2) is 32.8 Å². The van der Waals surface area contributed by atoms with Gasteiger partial charge in [-0.05, 0) is 24.8 Å². The van der Waals surface area contributed by atoms with Crippen LogP contribution in [0.2, 0.25) is 0 Å². The molecule has 2 aromatic rings. The summed E-state index contributed by atoms with van der Waals surface area (Å²) in [4.78, 5) is 2.51. The second-order valence-corrected chi connectivity index (χ2v) is 7.37. The van der Waals surface area contributed by atoms with Gasteiger partial charge in [0.15, 0.2) is 0 Å². The molecule has 0 unspecified atom stereocenters. The van der Waals surface area contributed by atoms with E-state index in [2.05, 4.69) is 77.7 Å². The maximum Gasteiger partial charge on any atom is 0.147 e.